The SMILES string of the molecule is O=C1CCC(N2C(=O)c3cccc(CNCC45CNC(CCO4)C5)c3C2=O)C(=O)N1. The summed E-state index contributed by atoms with van der Waals surface area (Å²) in [6.45, 7) is 2.62. The van der Waals surface area contributed by atoms with Crippen molar-refractivity contribution < 1.29 is 23.9 Å². The topological polar surface area (TPSA) is 117 Å². The Morgan fingerprint density at radius 1 is 1.17 bits per heavy atom. The molecule has 0 radical (unpaired) electrons. The normalized spacial score (nSPS) is 30.6. The van der Waals surface area contributed by atoms with Crippen LogP contribution in [0.1, 0.15) is 52.0 Å². The summed E-state index contributed by atoms with van der Waals surface area (Å²) in [6, 6.07) is 4.73. The van der Waals surface area contributed by atoms with E-state index in [9.17, 15) is 19.2 Å². The molecule has 30 heavy (non-hydrogen) atoms. The third kappa shape index (κ3) is 3.13. The van der Waals surface area contributed by atoms with Crippen LogP contribution < -0.4 is 16.0 Å². The lowest BCUT2D eigenvalue weighted by Gasteiger charge is -2.32. The van der Waals surface area contributed by atoms with Crippen molar-refractivity contribution in [3.05, 3.63) is 34.9 Å². The van der Waals surface area contributed by atoms with Gasteiger partial charge in [-0.05, 0) is 30.9 Å². The molecule has 0 spiro atoms. The molecular weight excluding hydrogens is 388 g/mol. The predicted octanol–water partition coefficient (Wildman–Crippen LogP) is -0.302. The average molecular weight is 412 g/mol. The zero-order valence-corrected chi connectivity index (χ0v) is 16.5. The summed E-state index contributed by atoms with van der Waals surface area (Å²) in [6.07, 6.45) is 2.25. The maximum Gasteiger partial charge on any atom is 0.262 e. The average Bonchev–Trinajstić information content (AvgIpc) is 3.16. The van der Waals surface area contributed by atoms with Crippen molar-refractivity contribution in [2.75, 3.05) is 19.7 Å². The Hall–Kier alpha value is -2.62. The van der Waals surface area contributed by atoms with E-state index in [1.54, 1.807) is 12.1 Å². The molecule has 3 saturated heterocycles. The van der Waals surface area contributed by atoms with E-state index in [-0.39, 0.29) is 24.3 Å². The Kier molecular flexibility index (Phi) is 4.68. The molecular formula is C21H24N4O5. The van der Waals surface area contributed by atoms with Crippen LogP contribution in [0.3, 0.4) is 0 Å². The minimum atomic E-state index is -0.952. The number of ether oxygens (including phenoxy) is 1. The fraction of sp³-hybridized carbons (Fsp3) is 0.524. The van der Waals surface area contributed by atoms with Gasteiger partial charge in [-0.3, -0.25) is 29.4 Å². The van der Waals surface area contributed by atoms with Gasteiger partial charge >= 0.3 is 0 Å². The molecule has 1 aromatic rings. The van der Waals surface area contributed by atoms with E-state index in [4.69, 9.17) is 4.74 Å². The summed E-state index contributed by atoms with van der Waals surface area (Å²) >= 11 is 0. The van der Waals surface area contributed by atoms with Crippen molar-refractivity contribution in [3.8, 4) is 0 Å². The first-order valence-corrected chi connectivity index (χ1v) is 10.4. The summed E-state index contributed by atoms with van der Waals surface area (Å²) < 4.78 is 6.02. The number of nitrogens with one attached hydrogen (secondary N) is 3. The molecule has 0 saturated carbocycles. The lowest BCUT2D eigenvalue weighted by atomic mass is 9.95. The fourth-order valence-electron chi connectivity index (χ4n) is 5.00. The molecule has 3 atom stereocenters. The van der Waals surface area contributed by atoms with E-state index in [1.807, 2.05) is 6.07 Å². The van der Waals surface area contributed by atoms with E-state index in [0.29, 0.717) is 30.3 Å². The van der Waals surface area contributed by atoms with Crippen molar-refractivity contribution in [1.82, 2.24) is 20.9 Å². The van der Waals surface area contributed by atoms with Gasteiger partial charge in [0.25, 0.3) is 11.8 Å². The number of nitrogens with zero attached hydrogens (tertiary/aromatic N) is 1. The van der Waals surface area contributed by atoms with Crippen molar-refractivity contribution in [2.45, 2.75) is 49.9 Å². The van der Waals surface area contributed by atoms with Gasteiger partial charge in [-0.25, -0.2) is 0 Å². The minimum absolute atomic E-state index is 0.106. The summed E-state index contributed by atoms with van der Waals surface area (Å²) in [4.78, 5) is 50.7. The number of amides is 4. The van der Waals surface area contributed by atoms with E-state index < -0.39 is 23.8 Å². The second kappa shape index (κ2) is 7.26. The van der Waals surface area contributed by atoms with Crippen LogP contribution in [0.2, 0.25) is 0 Å². The number of hydrogen-bond donors (Lipinski definition) is 3. The molecule has 1 aromatic carbocycles. The molecule has 3 fully saturated rings. The first kappa shape index (κ1) is 19.3. The van der Waals surface area contributed by atoms with Crippen LogP contribution in [0.15, 0.2) is 18.2 Å². The first-order valence-electron chi connectivity index (χ1n) is 10.4. The first-order chi connectivity index (χ1) is 14.5. The smallest absolute Gasteiger partial charge is 0.262 e. The minimum Gasteiger partial charge on any atom is -0.372 e. The van der Waals surface area contributed by atoms with Crippen molar-refractivity contribution in [1.29, 1.82) is 0 Å². The molecule has 4 heterocycles. The van der Waals surface area contributed by atoms with Crippen molar-refractivity contribution in [2.24, 2.45) is 0 Å². The lowest BCUT2D eigenvalue weighted by molar-refractivity contribution is -0.136. The number of fused-ring (bicyclic) bond motifs is 3. The highest BCUT2D eigenvalue weighted by molar-refractivity contribution is 6.24. The predicted molar refractivity (Wildman–Crippen MR) is 105 cm³/mol. The molecule has 3 N–H and O–H groups in total. The van der Waals surface area contributed by atoms with Crippen LogP contribution in [-0.4, -0.2) is 65.9 Å². The van der Waals surface area contributed by atoms with Gasteiger partial charge in [-0.2, -0.15) is 0 Å². The molecule has 4 amide bonds. The molecule has 0 aromatic heterocycles. The Labute approximate surface area is 173 Å². The quantitative estimate of drug-likeness (QED) is 0.569. The summed E-state index contributed by atoms with van der Waals surface area (Å²) in [5.41, 5.74) is 1.14. The molecule has 3 unspecified atom stereocenters. The highest BCUT2D eigenvalue weighted by Crippen LogP contribution is 2.31. The fourth-order valence-corrected chi connectivity index (χ4v) is 5.00. The zero-order chi connectivity index (χ0) is 20.9. The van der Waals surface area contributed by atoms with E-state index in [0.717, 1.165) is 36.5 Å². The molecule has 2 bridgehead atoms. The molecule has 9 heteroatoms. The number of benzene rings is 1. The Balaban J connectivity index is 1.32. The molecule has 4 aliphatic heterocycles. The van der Waals surface area contributed by atoms with Gasteiger partial charge in [0.15, 0.2) is 0 Å². The van der Waals surface area contributed by atoms with Gasteiger partial charge in [0.05, 0.1) is 16.7 Å². The van der Waals surface area contributed by atoms with Gasteiger partial charge in [-0.1, -0.05) is 12.1 Å². The number of piperidine rings is 1. The molecule has 5 rings (SSSR count). The van der Waals surface area contributed by atoms with Crippen LogP contribution in [0.25, 0.3) is 0 Å². The van der Waals surface area contributed by atoms with Gasteiger partial charge < -0.3 is 15.4 Å². The molecule has 9 nitrogen and oxygen atoms in total. The third-order valence-electron chi connectivity index (χ3n) is 6.52. The van der Waals surface area contributed by atoms with Crippen LogP contribution in [0.5, 0.6) is 0 Å². The largest absolute Gasteiger partial charge is 0.372 e. The number of carbonyl (C=O) groups is 4. The van der Waals surface area contributed by atoms with Crippen LogP contribution in [0, 0.1) is 0 Å². The lowest BCUT2D eigenvalue weighted by Crippen LogP contribution is -2.54. The molecule has 0 aliphatic carbocycles. The number of carbonyl (C=O) groups excluding carboxylic acids is 4. The van der Waals surface area contributed by atoms with Gasteiger partial charge in [0.2, 0.25) is 11.8 Å². The second-order valence-electron chi connectivity index (χ2n) is 8.49. The monoisotopic (exact) mass is 412 g/mol. The number of imide groups is 2. The number of hydrogen-bond acceptors (Lipinski definition) is 7. The Morgan fingerprint density at radius 2 is 2.03 bits per heavy atom. The third-order valence-corrected chi connectivity index (χ3v) is 6.52. The maximum atomic E-state index is 13.1. The second-order valence-corrected chi connectivity index (χ2v) is 8.49. The summed E-state index contributed by atoms with van der Waals surface area (Å²) in [5.74, 6) is -1.94. The summed E-state index contributed by atoms with van der Waals surface area (Å²) in [7, 11) is 0. The standard InChI is InChI=1S/C21H24N4O5/c26-16-5-4-15(18(27)24-16)25-19(28)14-3-1-2-12(17(14)20(25)29)9-22-10-21-8-13(23-11-21)6-7-30-21/h1-3,13,15,22-23H,4-11H2,(H,24,26,27). The molecule has 158 valence electrons. The van der Waals surface area contributed by atoms with E-state index in [2.05, 4.69) is 16.0 Å². The highest BCUT2D eigenvalue weighted by Gasteiger charge is 2.46. The van der Waals surface area contributed by atoms with Gasteiger partial charge in [0, 0.05) is 38.7 Å². The van der Waals surface area contributed by atoms with E-state index >= 15 is 0 Å². The molecule has 4 aliphatic rings. The zero-order valence-electron chi connectivity index (χ0n) is 16.5. The Morgan fingerprint density at radius 3 is 2.87 bits per heavy atom. The Bertz CT molecular complexity index is 943. The summed E-state index contributed by atoms with van der Waals surface area (Å²) in [5, 5.41) is 9.09. The maximum absolute atomic E-state index is 13.1. The number of rotatable bonds is 5. The van der Waals surface area contributed by atoms with Crippen molar-refractivity contribution in [3.63, 3.8) is 0 Å². The van der Waals surface area contributed by atoms with Crippen LogP contribution >= 0.6 is 0 Å². The van der Waals surface area contributed by atoms with Crippen LogP contribution in [-0.2, 0) is 20.9 Å². The highest BCUT2D eigenvalue weighted by atomic mass is 16.5. The van der Waals surface area contributed by atoms with E-state index in [1.165, 1.54) is 0 Å². The van der Waals surface area contributed by atoms with Crippen molar-refractivity contribution >= 4 is 23.6 Å². The van der Waals surface area contributed by atoms with Gasteiger partial charge in [-0.15, -0.1) is 0 Å². The van der Waals surface area contributed by atoms with Crippen LogP contribution in [0.4, 0.5) is 0 Å². The van der Waals surface area contributed by atoms with Gasteiger partial charge in [0.1, 0.15) is 6.04 Å².